The maximum Gasteiger partial charge on any atom is 0.251 e. The third-order valence-corrected chi connectivity index (χ3v) is 5.42. The van der Waals surface area contributed by atoms with Crippen LogP contribution in [0, 0.1) is 12.7 Å². The molecule has 0 saturated carbocycles. The molecule has 0 radical (unpaired) electrons. The highest BCUT2D eigenvalue weighted by Gasteiger charge is 2.37. The van der Waals surface area contributed by atoms with Gasteiger partial charge < -0.3 is 5.32 Å². The molecule has 2 rings (SSSR count). The summed E-state index contributed by atoms with van der Waals surface area (Å²) in [5.74, 6) is -1.36. The average Bonchev–Trinajstić information content (AvgIpc) is 2.55. The Balaban J connectivity index is 2.16. The van der Waals surface area contributed by atoms with Crippen LogP contribution >= 0.6 is 11.6 Å². The van der Waals surface area contributed by atoms with Crippen LogP contribution in [0.1, 0.15) is 15.9 Å². The maximum absolute atomic E-state index is 13.1. The summed E-state index contributed by atoms with van der Waals surface area (Å²) in [5.41, 5.74) is 0.805. The first-order valence-corrected chi connectivity index (χ1v) is 7.96. The molecule has 0 bridgehead atoms. The molecule has 19 heavy (non-hydrogen) atoms. The maximum atomic E-state index is 13.1. The summed E-state index contributed by atoms with van der Waals surface area (Å²) in [6.45, 7) is 1.68. The molecule has 1 N–H and O–H groups in total. The van der Waals surface area contributed by atoms with Gasteiger partial charge in [0.2, 0.25) is 0 Å². The van der Waals surface area contributed by atoms with Crippen LogP contribution in [0.2, 0.25) is 0 Å². The number of nitrogens with one attached hydrogen (secondary N) is 1. The van der Waals surface area contributed by atoms with Gasteiger partial charge >= 0.3 is 0 Å². The van der Waals surface area contributed by atoms with Gasteiger partial charge in [0.25, 0.3) is 5.91 Å². The smallest absolute Gasteiger partial charge is 0.251 e. The Hall–Kier alpha value is -1.14. The van der Waals surface area contributed by atoms with E-state index in [4.69, 9.17) is 11.6 Å². The number of hydrogen-bond acceptors (Lipinski definition) is 3. The number of benzene rings is 1. The molecule has 4 nitrogen and oxygen atoms in total. The average molecular weight is 306 g/mol. The highest BCUT2D eigenvalue weighted by Crippen LogP contribution is 2.19. The van der Waals surface area contributed by atoms with E-state index in [0.29, 0.717) is 5.56 Å². The number of aryl methyl sites for hydroxylation is 1. The van der Waals surface area contributed by atoms with Crippen LogP contribution in [0.5, 0.6) is 0 Å². The van der Waals surface area contributed by atoms with Gasteiger partial charge in [-0.1, -0.05) is 6.07 Å². The highest BCUT2D eigenvalue weighted by atomic mass is 35.5. The van der Waals surface area contributed by atoms with Crippen LogP contribution in [-0.4, -0.2) is 37.2 Å². The van der Waals surface area contributed by atoms with Gasteiger partial charge in [-0.25, -0.2) is 12.8 Å². The van der Waals surface area contributed by atoms with Crippen LogP contribution in [0.15, 0.2) is 18.2 Å². The minimum Gasteiger partial charge on any atom is -0.347 e. The number of rotatable bonds is 2. The summed E-state index contributed by atoms with van der Waals surface area (Å²) in [6, 6.07) is 3.24. The third-order valence-electron chi connectivity index (χ3n) is 3.04. The first-order chi connectivity index (χ1) is 8.78. The van der Waals surface area contributed by atoms with Gasteiger partial charge in [-0.05, 0) is 24.6 Å². The van der Waals surface area contributed by atoms with Crippen molar-refractivity contribution in [3.63, 3.8) is 0 Å². The predicted octanol–water partition coefficient (Wildman–Crippen LogP) is 1.27. The number of alkyl halides is 1. The second-order valence-electron chi connectivity index (χ2n) is 4.63. The quantitative estimate of drug-likeness (QED) is 0.837. The summed E-state index contributed by atoms with van der Waals surface area (Å²) in [4.78, 5) is 12.0. The normalized spacial score (nSPS) is 25.2. The minimum absolute atomic E-state index is 0.151. The summed E-state index contributed by atoms with van der Waals surface area (Å²) in [5, 5.41) is 1.90. The van der Waals surface area contributed by atoms with E-state index in [0.717, 1.165) is 6.07 Å². The zero-order valence-electron chi connectivity index (χ0n) is 10.2. The lowest BCUT2D eigenvalue weighted by atomic mass is 10.1. The van der Waals surface area contributed by atoms with Crippen molar-refractivity contribution < 1.29 is 17.6 Å². The zero-order valence-corrected chi connectivity index (χ0v) is 11.8. The van der Waals surface area contributed by atoms with Crippen molar-refractivity contribution in [1.82, 2.24) is 5.32 Å². The fraction of sp³-hybridized carbons (Fsp3) is 0.417. The third kappa shape index (κ3) is 3.25. The summed E-state index contributed by atoms with van der Waals surface area (Å²) < 4.78 is 35.9. The molecule has 0 spiro atoms. The molecule has 1 heterocycles. The standard InChI is InChI=1S/C12H13ClFNO3S/c1-7-2-3-8(14)4-9(7)12(16)15-11-6-19(17,18)5-10(11)13/h2-4,10-11H,5-6H2,1H3,(H,15,16). The van der Waals surface area contributed by atoms with Crippen molar-refractivity contribution in [2.45, 2.75) is 18.3 Å². The Morgan fingerprint density at radius 3 is 2.68 bits per heavy atom. The van der Waals surface area contributed by atoms with Gasteiger partial charge in [-0.15, -0.1) is 11.6 Å². The van der Waals surface area contributed by atoms with Gasteiger partial charge in [0.05, 0.1) is 22.9 Å². The van der Waals surface area contributed by atoms with E-state index in [1.54, 1.807) is 6.92 Å². The van der Waals surface area contributed by atoms with Gasteiger partial charge in [0.15, 0.2) is 9.84 Å². The monoisotopic (exact) mass is 305 g/mol. The molecule has 1 amide bonds. The Labute approximate surface area is 115 Å². The molecular formula is C12H13ClFNO3S. The van der Waals surface area contributed by atoms with E-state index >= 15 is 0 Å². The van der Waals surface area contributed by atoms with Crippen molar-refractivity contribution in [3.05, 3.63) is 35.1 Å². The van der Waals surface area contributed by atoms with Crippen molar-refractivity contribution >= 4 is 27.3 Å². The Morgan fingerprint density at radius 2 is 2.11 bits per heavy atom. The van der Waals surface area contributed by atoms with Crippen LogP contribution in [0.3, 0.4) is 0 Å². The zero-order chi connectivity index (χ0) is 14.2. The summed E-state index contributed by atoms with van der Waals surface area (Å²) >= 11 is 5.90. The van der Waals surface area contributed by atoms with Gasteiger partial charge in [0.1, 0.15) is 5.82 Å². The molecule has 1 saturated heterocycles. The Kier molecular flexibility index (Phi) is 3.82. The topological polar surface area (TPSA) is 63.2 Å². The molecule has 0 aromatic heterocycles. The van der Waals surface area contributed by atoms with Gasteiger partial charge in [-0.2, -0.15) is 0 Å². The van der Waals surface area contributed by atoms with Crippen molar-refractivity contribution in [3.8, 4) is 0 Å². The number of carbonyl (C=O) groups excluding carboxylic acids is 1. The van der Waals surface area contributed by atoms with Gasteiger partial charge in [-0.3, -0.25) is 4.79 Å². The van der Waals surface area contributed by atoms with E-state index in [1.807, 2.05) is 0 Å². The Bertz CT molecular complexity index is 617. The van der Waals surface area contributed by atoms with Crippen molar-refractivity contribution in [1.29, 1.82) is 0 Å². The lowest BCUT2D eigenvalue weighted by Crippen LogP contribution is -2.40. The van der Waals surface area contributed by atoms with E-state index in [2.05, 4.69) is 5.32 Å². The molecule has 1 aliphatic rings. The molecule has 104 valence electrons. The lowest BCUT2D eigenvalue weighted by Gasteiger charge is -2.15. The number of carbonyl (C=O) groups is 1. The highest BCUT2D eigenvalue weighted by molar-refractivity contribution is 7.91. The Morgan fingerprint density at radius 1 is 1.42 bits per heavy atom. The predicted molar refractivity (Wildman–Crippen MR) is 70.7 cm³/mol. The lowest BCUT2D eigenvalue weighted by molar-refractivity contribution is 0.0940. The second kappa shape index (κ2) is 5.09. The van der Waals surface area contributed by atoms with Crippen LogP contribution in [0.25, 0.3) is 0 Å². The minimum atomic E-state index is -3.21. The van der Waals surface area contributed by atoms with Crippen molar-refractivity contribution in [2.24, 2.45) is 0 Å². The molecule has 1 aromatic rings. The van der Waals surface area contributed by atoms with Crippen molar-refractivity contribution in [2.75, 3.05) is 11.5 Å². The van der Waals surface area contributed by atoms with E-state index in [-0.39, 0.29) is 17.1 Å². The van der Waals surface area contributed by atoms with E-state index < -0.39 is 33.0 Å². The largest absolute Gasteiger partial charge is 0.347 e. The number of halogens is 2. The number of amides is 1. The first-order valence-electron chi connectivity index (χ1n) is 5.70. The van der Waals surface area contributed by atoms with Gasteiger partial charge in [0, 0.05) is 5.56 Å². The van der Waals surface area contributed by atoms with Crippen LogP contribution in [-0.2, 0) is 9.84 Å². The fourth-order valence-corrected chi connectivity index (χ4v) is 4.57. The summed E-state index contributed by atoms with van der Waals surface area (Å²) in [7, 11) is -3.21. The molecule has 0 aliphatic carbocycles. The molecule has 2 atom stereocenters. The van der Waals surface area contributed by atoms with E-state index in [9.17, 15) is 17.6 Å². The molecular weight excluding hydrogens is 293 g/mol. The second-order valence-corrected chi connectivity index (χ2v) is 7.35. The molecule has 1 fully saturated rings. The SMILES string of the molecule is Cc1ccc(F)cc1C(=O)NC1CS(=O)(=O)CC1Cl. The summed E-state index contributed by atoms with van der Waals surface area (Å²) in [6.07, 6.45) is 0. The molecule has 1 aliphatic heterocycles. The molecule has 1 aromatic carbocycles. The fourth-order valence-electron chi connectivity index (χ4n) is 2.02. The van der Waals surface area contributed by atoms with Crippen LogP contribution in [0.4, 0.5) is 4.39 Å². The van der Waals surface area contributed by atoms with Crippen LogP contribution < -0.4 is 5.32 Å². The number of hydrogen-bond donors (Lipinski definition) is 1. The van der Waals surface area contributed by atoms with E-state index in [1.165, 1.54) is 12.1 Å². The first kappa shape index (κ1) is 14.3. The molecule has 2 unspecified atom stereocenters. The molecule has 7 heteroatoms. The number of sulfone groups is 1.